The third-order valence-corrected chi connectivity index (χ3v) is 2.87. The number of hydrogen-bond acceptors (Lipinski definition) is 1. The molecule has 16 heavy (non-hydrogen) atoms. The van der Waals surface area contributed by atoms with Crippen LogP contribution in [0.15, 0.2) is 40.8 Å². The molecule has 0 N–H and O–H groups in total. The van der Waals surface area contributed by atoms with E-state index in [9.17, 15) is 0 Å². The Hall–Kier alpha value is -1.98. The molecule has 3 aromatic rings. The second-order valence-corrected chi connectivity index (χ2v) is 3.89. The molecule has 0 aliphatic rings. The van der Waals surface area contributed by atoms with Gasteiger partial charge in [-0.25, -0.2) is 4.85 Å². The summed E-state index contributed by atoms with van der Waals surface area (Å²) in [7, 11) is 0. The number of nitrogens with zero attached hydrogens (tertiary/aromatic N) is 1. The lowest BCUT2D eigenvalue weighted by atomic mass is 10.1. The monoisotopic (exact) mass is 227 g/mol. The lowest BCUT2D eigenvalue weighted by molar-refractivity contribution is 0.669. The Morgan fingerprint density at radius 3 is 2.75 bits per heavy atom. The molecule has 0 amide bonds. The summed E-state index contributed by atoms with van der Waals surface area (Å²) in [5.41, 5.74) is 1.95. The van der Waals surface area contributed by atoms with E-state index in [0.717, 1.165) is 10.8 Å². The van der Waals surface area contributed by atoms with E-state index in [1.54, 1.807) is 12.1 Å². The minimum Gasteiger partial charge on any atom is -0.456 e. The average Bonchev–Trinajstić information content (AvgIpc) is 2.69. The molecule has 2 aromatic carbocycles. The first kappa shape index (κ1) is 9.26. The zero-order valence-electron chi connectivity index (χ0n) is 8.20. The van der Waals surface area contributed by atoms with Crippen molar-refractivity contribution in [2.75, 3.05) is 0 Å². The standard InChI is InChI=1S/C13H6ClNO/c1-15-10-6-3-7-11-12(10)8-4-2-5-9(14)13(8)16-11/h2-7H. The van der Waals surface area contributed by atoms with Gasteiger partial charge in [-0.1, -0.05) is 35.9 Å². The van der Waals surface area contributed by atoms with Gasteiger partial charge < -0.3 is 4.42 Å². The summed E-state index contributed by atoms with van der Waals surface area (Å²) in [5.74, 6) is 0. The van der Waals surface area contributed by atoms with E-state index in [1.807, 2.05) is 24.3 Å². The van der Waals surface area contributed by atoms with E-state index in [-0.39, 0.29) is 0 Å². The van der Waals surface area contributed by atoms with Crippen molar-refractivity contribution in [3.63, 3.8) is 0 Å². The molecule has 0 radical (unpaired) electrons. The van der Waals surface area contributed by atoms with Crippen molar-refractivity contribution in [3.05, 3.63) is 52.8 Å². The highest BCUT2D eigenvalue weighted by atomic mass is 35.5. The Morgan fingerprint density at radius 1 is 1.12 bits per heavy atom. The van der Waals surface area contributed by atoms with Gasteiger partial charge in [0.1, 0.15) is 5.58 Å². The predicted molar refractivity (Wildman–Crippen MR) is 65.0 cm³/mol. The summed E-state index contributed by atoms with van der Waals surface area (Å²) in [6.45, 7) is 7.14. The Kier molecular flexibility index (Phi) is 1.89. The molecule has 0 spiro atoms. The topological polar surface area (TPSA) is 17.5 Å². The van der Waals surface area contributed by atoms with Crippen LogP contribution in [-0.2, 0) is 0 Å². The molecule has 1 heterocycles. The van der Waals surface area contributed by atoms with Crippen LogP contribution in [0.4, 0.5) is 5.69 Å². The lowest BCUT2D eigenvalue weighted by Gasteiger charge is -1.92. The summed E-state index contributed by atoms with van der Waals surface area (Å²) in [5, 5.41) is 2.31. The SMILES string of the molecule is [C-]#[N+]c1cccc2oc3c(Cl)cccc3c12. The maximum absolute atomic E-state index is 7.14. The van der Waals surface area contributed by atoms with Gasteiger partial charge in [-0.05, 0) is 12.1 Å². The highest BCUT2D eigenvalue weighted by molar-refractivity contribution is 6.36. The zero-order valence-corrected chi connectivity index (χ0v) is 8.95. The van der Waals surface area contributed by atoms with Crippen LogP contribution in [-0.4, -0.2) is 0 Å². The largest absolute Gasteiger partial charge is 0.456 e. The van der Waals surface area contributed by atoms with Gasteiger partial charge in [0.2, 0.25) is 0 Å². The predicted octanol–water partition coefficient (Wildman–Crippen LogP) is 4.79. The summed E-state index contributed by atoms with van der Waals surface area (Å²) >= 11 is 6.05. The first-order valence-electron chi connectivity index (χ1n) is 4.78. The maximum Gasteiger partial charge on any atom is 0.198 e. The molecule has 2 nitrogen and oxygen atoms in total. The molecule has 76 valence electrons. The molecule has 0 aliphatic heterocycles. The van der Waals surface area contributed by atoms with Crippen molar-refractivity contribution in [2.24, 2.45) is 0 Å². The van der Waals surface area contributed by atoms with Crippen LogP contribution < -0.4 is 0 Å². The maximum atomic E-state index is 7.14. The molecule has 0 unspecified atom stereocenters. The Bertz CT molecular complexity index is 737. The molecule has 0 bridgehead atoms. The van der Waals surface area contributed by atoms with E-state index in [0.29, 0.717) is 21.9 Å². The van der Waals surface area contributed by atoms with Crippen LogP contribution in [0.2, 0.25) is 5.02 Å². The molecule has 0 saturated carbocycles. The number of benzene rings is 2. The highest BCUT2D eigenvalue weighted by Gasteiger charge is 2.12. The fraction of sp³-hybridized carbons (Fsp3) is 0. The van der Waals surface area contributed by atoms with Gasteiger partial charge in [-0.2, -0.15) is 0 Å². The molecule has 0 atom stereocenters. The van der Waals surface area contributed by atoms with Crippen molar-refractivity contribution >= 4 is 39.2 Å². The number of furan rings is 1. The van der Waals surface area contributed by atoms with Crippen LogP contribution in [0.3, 0.4) is 0 Å². The first-order valence-corrected chi connectivity index (χ1v) is 5.16. The second kappa shape index (κ2) is 3.26. The van der Waals surface area contributed by atoms with Gasteiger partial charge in [0, 0.05) is 10.8 Å². The number of halogens is 1. The van der Waals surface area contributed by atoms with Crippen molar-refractivity contribution in [2.45, 2.75) is 0 Å². The zero-order chi connectivity index (χ0) is 11.1. The van der Waals surface area contributed by atoms with E-state index in [1.165, 1.54) is 0 Å². The van der Waals surface area contributed by atoms with Gasteiger partial charge in [-0.15, -0.1) is 0 Å². The molecule has 3 rings (SSSR count). The molecular formula is C13H6ClNO. The number of fused-ring (bicyclic) bond motifs is 3. The van der Waals surface area contributed by atoms with Gasteiger partial charge >= 0.3 is 0 Å². The summed E-state index contributed by atoms with van der Waals surface area (Å²) < 4.78 is 5.65. The summed E-state index contributed by atoms with van der Waals surface area (Å²) in [6.07, 6.45) is 0. The fourth-order valence-electron chi connectivity index (χ4n) is 1.89. The molecule has 3 heteroatoms. The summed E-state index contributed by atoms with van der Waals surface area (Å²) in [6, 6.07) is 11.0. The van der Waals surface area contributed by atoms with Crippen molar-refractivity contribution in [3.8, 4) is 0 Å². The second-order valence-electron chi connectivity index (χ2n) is 3.48. The quantitative estimate of drug-likeness (QED) is 0.505. The van der Waals surface area contributed by atoms with E-state index < -0.39 is 0 Å². The Balaban J connectivity index is 2.64. The number of para-hydroxylation sites is 1. The third-order valence-electron chi connectivity index (χ3n) is 2.57. The van der Waals surface area contributed by atoms with Gasteiger partial charge in [-0.3, -0.25) is 0 Å². The smallest absolute Gasteiger partial charge is 0.198 e. The third kappa shape index (κ3) is 1.13. The van der Waals surface area contributed by atoms with Crippen LogP contribution in [0.1, 0.15) is 0 Å². The van der Waals surface area contributed by atoms with Crippen molar-refractivity contribution in [1.82, 2.24) is 0 Å². The molecule has 0 aliphatic carbocycles. The van der Waals surface area contributed by atoms with Crippen LogP contribution in [0.5, 0.6) is 0 Å². The Labute approximate surface area is 96.9 Å². The fourth-order valence-corrected chi connectivity index (χ4v) is 2.10. The number of rotatable bonds is 0. The molecule has 1 aromatic heterocycles. The van der Waals surface area contributed by atoms with Crippen LogP contribution in [0.25, 0.3) is 26.8 Å². The lowest BCUT2D eigenvalue weighted by Crippen LogP contribution is -1.67. The van der Waals surface area contributed by atoms with Gasteiger partial charge in [0.25, 0.3) is 0 Å². The molecular weight excluding hydrogens is 222 g/mol. The van der Waals surface area contributed by atoms with E-state index >= 15 is 0 Å². The molecule has 0 saturated heterocycles. The average molecular weight is 228 g/mol. The molecule has 0 fully saturated rings. The number of hydrogen-bond donors (Lipinski definition) is 0. The Morgan fingerprint density at radius 2 is 1.94 bits per heavy atom. The minimum atomic E-state index is 0.574. The van der Waals surface area contributed by atoms with E-state index in [2.05, 4.69) is 4.85 Å². The normalized spacial score (nSPS) is 10.8. The van der Waals surface area contributed by atoms with Gasteiger partial charge in [0.05, 0.1) is 11.6 Å². The summed E-state index contributed by atoms with van der Waals surface area (Å²) in [4.78, 5) is 3.50. The first-order chi connectivity index (χ1) is 7.81. The van der Waals surface area contributed by atoms with Crippen LogP contribution in [0, 0.1) is 6.57 Å². The van der Waals surface area contributed by atoms with Crippen molar-refractivity contribution < 1.29 is 4.42 Å². The minimum absolute atomic E-state index is 0.574. The van der Waals surface area contributed by atoms with Crippen LogP contribution >= 0.6 is 11.6 Å². The van der Waals surface area contributed by atoms with E-state index in [4.69, 9.17) is 22.6 Å². The highest BCUT2D eigenvalue weighted by Crippen LogP contribution is 2.38. The van der Waals surface area contributed by atoms with Gasteiger partial charge in [0.15, 0.2) is 11.3 Å². The van der Waals surface area contributed by atoms with Crippen molar-refractivity contribution in [1.29, 1.82) is 0 Å².